The van der Waals surface area contributed by atoms with E-state index in [-0.39, 0.29) is 23.6 Å². The van der Waals surface area contributed by atoms with E-state index in [2.05, 4.69) is 0 Å². The molecule has 0 radical (unpaired) electrons. The first-order chi connectivity index (χ1) is 8.08. The fourth-order valence-corrected chi connectivity index (χ4v) is 2.82. The maximum atomic E-state index is 11.8. The fourth-order valence-electron chi connectivity index (χ4n) is 2.82. The van der Waals surface area contributed by atoms with Gasteiger partial charge in [-0.2, -0.15) is 0 Å². The molecular weight excluding hydrogens is 220 g/mol. The van der Waals surface area contributed by atoms with Crippen molar-refractivity contribution in [1.82, 2.24) is 0 Å². The molecule has 1 aliphatic heterocycles. The van der Waals surface area contributed by atoms with Crippen LogP contribution in [0.15, 0.2) is 18.2 Å². The van der Waals surface area contributed by atoms with E-state index in [9.17, 15) is 9.90 Å². The van der Waals surface area contributed by atoms with Gasteiger partial charge in [-0.15, -0.1) is 0 Å². The molecule has 0 saturated heterocycles. The molecule has 1 saturated carbocycles. The maximum absolute atomic E-state index is 11.8. The van der Waals surface area contributed by atoms with Crippen LogP contribution in [-0.2, 0) is 9.53 Å². The van der Waals surface area contributed by atoms with Gasteiger partial charge < -0.3 is 14.6 Å². The van der Waals surface area contributed by atoms with E-state index in [0.29, 0.717) is 6.61 Å². The van der Waals surface area contributed by atoms with Crippen LogP contribution in [0.3, 0.4) is 0 Å². The number of fused-ring (bicyclic) bond motifs is 3. The largest absolute Gasteiger partial charge is 0.508 e. The Labute approximate surface area is 99.2 Å². The van der Waals surface area contributed by atoms with Gasteiger partial charge in [-0.05, 0) is 32.0 Å². The van der Waals surface area contributed by atoms with Gasteiger partial charge in [-0.1, -0.05) is 0 Å². The highest BCUT2D eigenvalue weighted by Gasteiger charge is 2.73. The van der Waals surface area contributed by atoms with Crippen LogP contribution < -0.4 is 4.74 Å². The van der Waals surface area contributed by atoms with Gasteiger partial charge in [0, 0.05) is 11.5 Å². The minimum absolute atomic E-state index is 0.0173. The Balaban J connectivity index is 1.92. The summed E-state index contributed by atoms with van der Waals surface area (Å²) in [6.45, 7) is 4.08. The van der Waals surface area contributed by atoms with Crippen LogP contribution in [0.2, 0.25) is 0 Å². The summed E-state index contributed by atoms with van der Waals surface area (Å²) in [5, 5.41) is 9.47. The van der Waals surface area contributed by atoms with Crippen molar-refractivity contribution in [2.24, 2.45) is 5.92 Å². The molecule has 1 aromatic rings. The molecule has 0 spiro atoms. The summed E-state index contributed by atoms with van der Waals surface area (Å²) in [4.78, 5) is 11.8. The van der Waals surface area contributed by atoms with Gasteiger partial charge in [0.1, 0.15) is 23.0 Å². The van der Waals surface area contributed by atoms with E-state index in [1.807, 2.05) is 6.92 Å². The predicted octanol–water partition coefficient (Wildman–Crippen LogP) is 1.82. The number of aromatic hydroxyl groups is 1. The molecule has 4 nitrogen and oxygen atoms in total. The molecule has 1 fully saturated rings. The molecule has 90 valence electrons. The summed E-state index contributed by atoms with van der Waals surface area (Å²) in [6.07, 6.45) is 0. The van der Waals surface area contributed by atoms with Crippen molar-refractivity contribution < 1.29 is 19.4 Å². The molecule has 1 heterocycles. The van der Waals surface area contributed by atoms with Crippen molar-refractivity contribution in [2.45, 2.75) is 25.4 Å². The van der Waals surface area contributed by atoms with Gasteiger partial charge in [0.2, 0.25) is 0 Å². The minimum atomic E-state index is -0.484. The van der Waals surface area contributed by atoms with Crippen molar-refractivity contribution in [3.05, 3.63) is 23.8 Å². The number of hydrogen-bond acceptors (Lipinski definition) is 4. The smallest absolute Gasteiger partial charge is 0.313 e. The third-order valence-electron chi connectivity index (χ3n) is 3.66. The maximum Gasteiger partial charge on any atom is 0.313 e. The summed E-state index contributed by atoms with van der Waals surface area (Å²) in [7, 11) is 0. The Morgan fingerprint density at radius 3 is 3.06 bits per heavy atom. The highest BCUT2D eigenvalue weighted by atomic mass is 16.5. The van der Waals surface area contributed by atoms with E-state index < -0.39 is 5.60 Å². The number of carbonyl (C=O) groups excluding carboxylic acids is 1. The number of phenols is 1. The summed E-state index contributed by atoms with van der Waals surface area (Å²) >= 11 is 0. The van der Waals surface area contributed by atoms with Crippen molar-refractivity contribution >= 4 is 5.97 Å². The van der Waals surface area contributed by atoms with E-state index >= 15 is 0 Å². The number of hydrogen-bond donors (Lipinski definition) is 1. The van der Waals surface area contributed by atoms with Crippen molar-refractivity contribution in [3.8, 4) is 11.5 Å². The highest BCUT2D eigenvalue weighted by Crippen LogP contribution is 2.67. The number of phenolic OH excluding ortho intramolecular Hbond substituents is 1. The average Bonchev–Trinajstić information content (AvgIpc) is 2.77. The van der Waals surface area contributed by atoms with E-state index in [1.165, 1.54) is 0 Å². The van der Waals surface area contributed by atoms with Crippen LogP contribution in [0.4, 0.5) is 0 Å². The SMILES string of the molecule is CCOC(=O)[C@H]1[C@@H]2c3cc(O)ccc3OC12C. The van der Waals surface area contributed by atoms with Crippen LogP contribution in [0.1, 0.15) is 25.3 Å². The van der Waals surface area contributed by atoms with Crippen molar-refractivity contribution in [2.75, 3.05) is 6.61 Å². The van der Waals surface area contributed by atoms with E-state index in [1.54, 1.807) is 25.1 Å². The van der Waals surface area contributed by atoms with Crippen molar-refractivity contribution in [3.63, 3.8) is 0 Å². The molecule has 1 aliphatic carbocycles. The monoisotopic (exact) mass is 234 g/mol. The molecule has 1 unspecified atom stereocenters. The lowest BCUT2D eigenvalue weighted by molar-refractivity contribution is -0.146. The van der Waals surface area contributed by atoms with Crippen molar-refractivity contribution in [1.29, 1.82) is 0 Å². The summed E-state index contributed by atoms with van der Waals surface area (Å²) < 4.78 is 10.8. The number of ether oxygens (including phenoxy) is 2. The number of benzene rings is 1. The number of esters is 1. The second-order valence-corrected chi connectivity index (χ2v) is 4.72. The number of rotatable bonds is 2. The summed E-state index contributed by atoms with van der Waals surface area (Å²) in [5.74, 6) is 0.524. The van der Waals surface area contributed by atoms with Crippen LogP contribution in [0.25, 0.3) is 0 Å². The molecule has 17 heavy (non-hydrogen) atoms. The Kier molecular flexibility index (Phi) is 1.94. The van der Waals surface area contributed by atoms with Gasteiger partial charge in [-0.3, -0.25) is 4.79 Å². The molecule has 3 rings (SSSR count). The lowest BCUT2D eigenvalue weighted by atomic mass is 10.1. The molecule has 2 aliphatic rings. The number of carbonyl (C=O) groups is 1. The molecule has 0 amide bonds. The topological polar surface area (TPSA) is 55.8 Å². The van der Waals surface area contributed by atoms with E-state index in [4.69, 9.17) is 9.47 Å². The molecule has 1 N–H and O–H groups in total. The highest BCUT2D eigenvalue weighted by molar-refractivity contribution is 5.82. The quantitative estimate of drug-likeness (QED) is 0.793. The van der Waals surface area contributed by atoms with Crippen LogP contribution in [0, 0.1) is 5.92 Å². The van der Waals surface area contributed by atoms with Crippen LogP contribution >= 0.6 is 0 Å². The molecule has 3 atom stereocenters. The lowest BCUT2D eigenvalue weighted by Gasteiger charge is -2.12. The van der Waals surface area contributed by atoms with E-state index in [0.717, 1.165) is 11.3 Å². The Bertz CT molecular complexity index is 496. The standard InChI is InChI=1S/C13H14O4/c1-3-16-12(15)11-10-8-6-7(14)4-5-9(8)17-13(10,11)2/h4-6,10-11,14H,3H2,1-2H3/t10-,11+,13?/m0/s1. The molecule has 0 bridgehead atoms. The summed E-state index contributed by atoms with van der Waals surface area (Å²) in [6, 6.07) is 5.00. The fraction of sp³-hybridized carbons (Fsp3) is 0.462. The second-order valence-electron chi connectivity index (χ2n) is 4.72. The first kappa shape index (κ1) is 10.4. The Morgan fingerprint density at radius 1 is 1.59 bits per heavy atom. The molecule has 0 aromatic heterocycles. The zero-order valence-corrected chi connectivity index (χ0v) is 9.77. The first-order valence-corrected chi connectivity index (χ1v) is 5.76. The Morgan fingerprint density at radius 2 is 2.35 bits per heavy atom. The van der Waals surface area contributed by atoms with Gasteiger partial charge in [-0.25, -0.2) is 0 Å². The van der Waals surface area contributed by atoms with Gasteiger partial charge >= 0.3 is 5.97 Å². The molecular formula is C13H14O4. The Hall–Kier alpha value is -1.71. The zero-order chi connectivity index (χ0) is 12.2. The lowest BCUT2D eigenvalue weighted by Crippen LogP contribution is -2.21. The first-order valence-electron chi connectivity index (χ1n) is 5.76. The normalized spacial score (nSPS) is 32.4. The third kappa shape index (κ3) is 1.27. The minimum Gasteiger partial charge on any atom is -0.508 e. The van der Waals surface area contributed by atoms with Gasteiger partial charge in [0.15, 0.2) is 0 Å². The second kappa shape index (κ2) is 3.15. The average molecular weight is 234 g/mol. The van der Waals surface area contributed by atoms with Gasteiger partial charge in [0.25, 0.3) is 0 Å². The molecule has 4 heteroatoms. The van der Waals surface area contributed by atoms with Crippen LogP contribution in [0.5, 0.6) is 11.5 Å². The summed E-state index contributed by atoms with van der Waals surface area (Å²) in [5.41, 5.74) is 0.424. The predicted molar refractivity (Wildman–Crippen MR) is 60.0 cm³/mol. The third-order valence-corrected chi connectivity index (χ3v) is 3.66. The zero-order valence-electron chi connectivity index (χ0n) is 9.77. The van der Waals surface area contributed by atoms with Crippen LogP contribution in [-0.4, -0.2) is 23.3 Å². The van der Waals surface area contributed by atoms with Gasteiger partial charge in [0.05, 0.1) is 6.61 Å². The molecule has 1 aromatic carbocycles.